The first-order valence-corrected chi connectivity index (χ1v) is 7.95. The fourth-order valence-corrected chi connectivity index (χ4v) is 2.48. The van der Waals surface area contributed by atoms with Crippen LogP contribution in [0.5, 0.6) is 23.0 Å². The summed E-state index contributed by atoms with van der Waals surface area (Å²) in [6, 6.07) is 8.49. The van der Waals surface area contributed by atoms with E-state index in [4.69, 9.17) is 9.47 Å². The third-order valence-corrected chi connectivity index (χ3v) is 4.07. The van der Waals surface area contributed by atoms with Gasteiger partial charge in [0.25, 0.3) is 0 Å². The molecule has 0 aliphatic rings. The van der Waals surface area contributed by atoms with Gasteiger partial charge in [0.1, 0.15) is 11.5 Å². The number of benzene rings is 2. The molecule has 0 spiro atoms. The van der Waals surface area contributed by atoms with Gasteiger partial charge in [0, 0.05) is 11.6 Å². The molecule has 0 aromatic heterocycles. The van der Waals surface area contributed by atoms with Crippen molar-refractivity contribution in [1.29, 1.82) is 0 Å². The van der Waals surface area contributed by atoms with E-state index < -0.39 is 0 Å². The number of ether oxygens (including phenoxy) is 2. The smallest absolute Gasteiger partial charge is 0.161 e. The molecular formula is C17H19BrN2O4. The lowest BCUT2D eigenvalue weighted by Gasteiger charge is -2.10. The summed E-state index contributed by atoms with van der Waals surface area (Å²) < 4.78 is 11.0. The largest absolute Gasteiger partial charge is 0.507 e. The lowest BCUT2D eigenvalue weighted by atomic mass is 10.1. The van der Waals surface area contributed by atoms with Crippen LogP contribution in [0.25, 0.3) is 0 Å². The van der Waals surface area contributed by atoms with Crippen LogP contribution in [-0.2, 0) is 6.54 Å². The molecule has 0 heterocycles. The first-order valence-electron chi connectivity index (χ1n) is 7.16. The van der Waals surface area contributed by atoms with E-state index in [-0.39, 0.29) is 11.5 Å². The van der Waals surface area contributed by atoms with Crippen LogP contribution >= 0.6 is 15.9 Å². The van der Waals surface area contributed by atoms with Crippen LogP contribution < -0.4 is 14.9 Å². The number of aromatic hydroxyl groups is 2. The Balaban J connectivity index is 2.10. The Morgan fingerprint density at radius 2 is 1.79 bits per heavy atom. The quantitative estimate of drug-likeness (QED) is 0.516. The number of halogens is 1. The Labute approximate surface area is 148 Å². The topological polar surface area (TPSA) is 83.3 Å². The second-order valence-corrected chi connectivity index (χ2v) is 5.90. The average Bonchev–Trinajstić information content (AvgIpc) is 2.57. The fraction of sp³-hybridized carbons (Fsp3) is 0.235. The zero-order valence-corrected chi connectivity index (χ0v) is 15.2. The summed E-state index contributed by atoms with van der Waals surface area (Å²) in [7, 11) is 3.18. The maximum Gasteiger partial charge on any atom is 0.161 e. The van der Waals surface area contributed by atoms with Gasteiger partial charge in [-0.2, -0.15) is 5.10 Å². The summed E-state index contributed by atoms with van der Waals surface area (Å²) in [5.74, 6) is 1.25. The predicted molar refractivity (Wildman–Crippen MR) is 96.1 cm³/mol. The number of nitrogens with zero attached hydrogens (tertiary/aromatic N) is 1. The summed E-state index contributed by atoms with van der Waals surface area (Å²) in [6.45, 7) is 2.25. The number of phenolic OH excluding ortho intramolecular Hbond substituents is 2. The number of rotatable bonds is 6. The van der Waals surface area contributed by atoms with Crippen molar-refractivity contribution in [2.75, 3.05) is 14.2 Å². The van der Waals surface area contributed by atoms with Gasteiger partial charge in [0.15, 0.2) is 11.5 Å². The van der Waals surface area contributed by atoms with Gasteiger partial charge < -0.3 is 25.1 Å². The standard InChI is InChI=1S/C17H19BrN2O4/c1-10(12-7-13(18)15(22)8-14(12)21)20-19-9-11-4-5-16(23-2)17(6-11)24-3/h4-8,19,21-22H,9H2,1-3H3/b20-10-. The second-order valence-electron chi connectivity index (χ2n) is 5.04. The first-order chi connectivity index (χ1) is 11.5. The number of hydrogen-bond donors (Lipinski definition) is 3. The molecule has 0 aliphatic heterocycles. The molecular weight excluding hydrogens is 376 g/mol. The van der Waals surface area contributed by atoms with E-state index in [1.54, 1.807) is 27.2 Å². The Morgan fingerprint density at radius 3 is 2.46 bits per heavy atom. The van der Waals surface area contributed by atoms with Crippen LogP contribution in [-0.4, -0.2) is 30.1 Å². The van der Waals surface area contributed by atoms with E-state index in [0.717, 1.165) is 5.56 Å². The first kappa shape index (κ1) is 17.9. The molecule has 0 bridgehead atoms. The van der Waals surface area contributed by atoms with E-state index in [9.17, 15) is 10.2 Å². The molecule has 3 N–H and O–H groups in total. The Kier molecular flexibility index (Phi) is 5.92. The molecule has 0 atom stereocenters. The van der Waals surface area contributed by atoms with Crippen LogP contribution in [0.1, 0.15) is 18.1 Å². The average molecular weight is 395 g/mol. The lowest BCUT2D eigenvalue weighted by molar-refractivity contribution is 0.354. The van der Waals surface area contributed by atoms with E-state index in [1.807, 2.05) is 18.2 Å². The molecule has 0 amide bonds. The van der Waals surface area contributed by atoms with E-state index in [2.05, 4.69) is 26.5 Å². The molecule has 2 aromatic rings. The van der Waals surface area contributed by atoms with Crippen molar-refractivity contribution in [2.45, 2.75) is 13.5 Å². The number of hydrazone groups is 1. The number of methoxy groups -OCH3 is 2. The van der Waals surface area contributed by atoms with Gasteiger partial charge in [-0.1, -0.05) is 6.07 Å². The van der Waals surface area contributed by atoms with Crippen LogP contribution in [0.4, 0.5) is 0 Å². The van der Waals surface area contributed by atoms with E-state index in [1.165, 1.54) is 6.07 Å². The molecule has 0 radical (unpaired) electrons. The fourth-order valence-electron chi connectivity index (χ4n) is 2.14. The molecule has 2 aromatic carbocycles. The zero-order chi connectivity index (χ0) is 17.7. The monoisotopic (exact) mass is 394 g/mol. The normalized spacial score (nSPS) is 11.2. The van der Waals surface area contributed by atoms with Crippen molar-refractivity contribution in [3.05, 3.63) is 45.9 Å². The molecule has 128 valence electrons. The summed E-state index contributed by atoms with van der Waals surface area (Å²) in [6.07, 6.45) is 0. The van der Waals surface area contributed by atoms with Gasteiger partial charge in [-0.25, -0.2) is 0 Å². The summed E-state index contributed by atoms with van der Waals surface area (Å²) in [4.78, 5) is 0. The molecule has 2 rings (SSSR count). The SMILES string of the molecule is COc1ccc(CN/N=C(/C)c2cc(Br)c(O)cc2O)cc1OC. The highest BCUT2D eigenvalue weighted by atomic mass is 79.9. The predicted octanol–water partition coefficient (Wildman–Crippen LogP) is 3.39. The van der Waals surface area contributed by atoms with Crippen molar-refractivity contribution >= 4 is 21.6 Å². The van der Waals surface area contributed by atoms with Crippen molar-refractivity contribution in [3.63, 3.8) is 0 Å². The minimum atomic E-state index is -0.0372. The van der Waals surface area contributed by atoms with Crippen molar-refractivity contribution in [2.24, 2.45) is 5.10 Å². The van der Waals surface area contributed by atoms with E-state index in [0.29, 0.717) is 33.8 Å². The minimum Gasteiger partial charge on any atom is -0.507 e. The van der Waals surface area contributed by atoms with Gasteiger partial charge in [0.2, 0.25) is 0 Å². The Hall–Kier alpha value is -2.41. The van der Waals surface area contributed by atoms with Crippen LogP contribution in [0, 0.1) is 0 Å². The van der Waals surface area contributed by atoms with Gasteiger partial charge in [-0.05, 0) is 46.6 Å². The number of nitrogens with one attached hydrogen (secondary N) is 1. The Morgan fingerprint density at radius 1 is 1.08 bits per heavy atom. The highest BCUT2D eigenvalue weighted by molar-refractivity contribution is 9.10. The number of phenols is 2. The van der Waals surface area contributed by atoms with Crippen LogP contribution in [0.3, 0.4) is 0 Å². The number of hydrogen-bond acceptors (Lipinski definition) is 6. The lowest BCUT2D eigenvalue weighted by Crippen LogP contribution is -2.09. The molecule has 7 heteroatoms. The summed E-state index contributed by atoms with van der Waals surface area (Å²) in [5, 5.41) is 23.7. The maximum atomic E-state index is 9.91. The van der Waals surface area contributed by atoms with Gasteiger partial charge in [-0.15, -0.1) is 0 Å². The highest BCUT2D eigenvalue weighted by Crippen LogP contribution is 2.31. The molecule has 6 nitrogen and oxygen atoms in total. The third-order valence-electron chi connectivity index (χ3n) is 3.43. The highest BCUT2D eigenvalue weighted by Gasteiger charge is 2.09. The molecule has 0 saturated heterocycles. The minimum absolute atomic E-state index is 0.0256. The second kappa shape index (κ2) is 7.92. The summed E-state index contributed by atoms with van der Waals surface area (Å²) in [5.41, 5.74) is 5.04. The van der Waals surface area contributed by atoms with E-state index >= 15 is 0 Å². The van der Waals surface area contributed by atoms with Crippen molar-refractivity contribution in [1.82, 2.24) is 5.43 Å². The molecule has 0 aliphatic carbocycles. The molecule has 0 fully saturated rings. The van der Waals surface area contributed by atoms with Crippen LogP contribution in [0.15, 0.2) is 39.9 Å². The van der Waals surface area contributed by atoms with Crippen molar-refractivity contribution < 1.29 is 19.7 Å². The molecule has 24 heavy (non-hydrogen) atoms. The Bertz CT molecular complexity index is 762. The van der Waals surface area contributed by atoms with Crippen LogP contribution in [0.2, 0.25) is 0 Å². The van der Waals surface area contributed by atoms with Gasteiger partial charge in [0.05, 0.1) is 30.9 Å². The maximum absolute atomic E-state index is 9.91. The zero-order valence-electron chi connectivity index (χ0n) is 13.6. The van der Waals surface area contributed by atoms with Gasteiger partial charge in [-0.3, -0.25) is 0 Å². The summed E-state index contributed by atoms with van der Waals surface area (Å²) >= 11 is 3.22. The molecule has 0 unspecified atom stereocenters. The third kappa shape index (κ3) is 4.11. The van der Waals surface area contributed by atoms with Crippen molar-refractivity contribution in [3.8, 4) is 23.0 Å². The molecule has 0 saturated carbocycles. The van der Waals surface area contributed by atoms with Gasteiger partial charge >= 0.3 is 0 Å².